The number of rotatable bonds is 22. The second-order valence-corrected chi connectivity index (χ2v) is 13.4. The highest BCUT2D eigenvalue weighted by molar-refractivity contribution is 7.61. The second kappa shape index (κ2) is 18.5. The Labute approximate surface area is 241 Å². The Morgan fingerprint density at radius 3 is 1.93 bits per heavy atom. The summed E-state index contributed by atoms with van der Waals surface area (Å²) < 4.78 is 44.3. The molecular weight excluding hydrogens is 580 g/mol. The van der Waals surface area contributed by atoms with E-state index < -0.39 is 52.5 Å². The number of unbranched alkanes of at least 4 members (excludes halogenated alkanes) is 13. The highest BCUT2D eigenvalue weighted by Gasteiger charge is 2.46. The Bertz CT molecular complexity index is 1040. The molecule has 2 heterocycles. The van der Waals surface area contributed by atoms with Gasteiger partial charge in [-0.15, -0.1) is 0 Å². The zero-order valence-electron chi connectivity index (χ0n) is 23.8. The standard InChI is InChI=1S/C25H47N3O11P2/c1-2-3-4-5-6-7-8-9-10-11-12-13-14-15-18-36-40(32,33)39-41(34,35)37-19-20-22(29)23(30)24(38-20)28-17-16-21(26)27-25(28)31/h16-17,20,22-24,29-30H,2-15,18-19H2,1H3,(H,32,33)(H,34,35)(H2,26,27,31)/t20-,22-,23+,24-/m1/s1. The lowest BCUT2D eigenvalue weighted by Crippen LogP contribution is -2.36. The van der Waals surface area contributed by atoms with Crippen LogP contribution in [0.1, 0.15) is 103 Å². The molecule has 16 heteroatoms. The second-order valence-electron chi connectivity index (χ2n) is 10.3. The van der Waals surface area contributed by atoms with Crippen LogP contribution in [0.5, 0.6) is 0 Å². The van der Waals surface area contributed by atoms with Crippen LogP contribution >= 0.6 is 15.6 Å². The van der Waals surface area contributed by atoms with Crippen molar-refractivity contribution in [3.8, 4) is 0 Å². The number of nitrogen functional groups attached to an aromatic ring is 1. The van der Waals surface area contributed by atoms with Gasteiger partial charge in [0.25, 0.3) is 0 Å². The lowest BCUT2D eigenvalue weighted by molar-refractivity contribution is -0.0542. The van der Waals surface area contributed by atoms with Crippen molar-refractivity contribution in [2.24, 2.45) is 0 Å². The van der Waals surface area contributed by atoms with Crippen LogP contribution < -0.4 is 11.4 Å². The van der Waals surface area contributed by atoms with E-state index in [9.17, 15) is 33.9 Å². The molecule has 6 N–H and O–H groups in total. The Hall–Kier alpha value is -1.18. The maximum absolute atomic E-state index is 12.2. The molecule has 0 bridgehead atoms. The summed E-state index contributed by atoms with van der Waals surface area (Å²) in [6, 6.07) is 1.28. The smallest absolute Gasteiger partial charge is 0.387 e. The van der Waals surface area contributed by atoms with E-state index in [0.717, 1.165) is 30.3 Å². The number of aliphatic hydroxyl groups excluding tert-OH is 2. The normalized spacial score (nSPS) is 23.8. The number of aliphatic hydroxyl groups is 2. The third kappa shape index (κ3) is 13.8. The topological polar surface area (TPSA) is 213 Å². The number of aromatic nitrogens is 2. The molecule has 0 radical (unpaired) electrons. The van der Waals surface area contributed by atoms with Gasteiger partial charge in [0.2, 0.25) is 0 Å². The van der Waals surface area contributed by atoms with Gasteiger partial charge in [-0.25, -0.2) is 13.9 Å². The summed E-state index contributed by atoms with van der Waals surface area (Å²) in [4.78, 5) is 35.2. The zero-order valence-corrected chi connectivity index (χ0v) is 25.6. The molecule has 41 heavy (non-hydrogen) atoms. The van der Waals surface area contributed by atoms with Gasteiger partial charge in [0.05, 0.1) is 13.2 Å². The molecule has 238 valence electrons. The molecule has 6 atom stereocenters. The molecular formula is C25H47N3O11P2. The van der Waals surface area contributed by atoms with E-state index in [1.54, 1.807) is 0 Å². The van der Waals surface area contributed by atoms with Crippen molar-refractivity contribution in [3.05, 3.63) is 22.7 Å². The van der Waals surface area contributed by atoms with Gasteiger partial charge in [0.1, 0.15) is 24.1 Å². The van der Waals surface area contributed by atoms with Crippen molar-refractivity contribution < 1.29 is 47.2 Å². The van der Waals surface area contributed by atoms with Crippen molar-refractivity contribution in [3.63, 3.8) is 0 Å². The number of nitrogens with two attached hydrogens (primary N) is 1. The lowest BCUT2D eigenvalue weighted by Gasteiger charge is -2.19. The average molecular weight is 628 g/mol. The molecule has 1 aromatic rings. The van der Waals surface area contributed by atoms with Gasteiger partial charge in [-0.1, -0.05) is 90.4 Å². The van der Waals surface area contributed by atoms with Crippen LogP contribution in [0.4, 0.5) is 5.82 Å². The van der Waals surface area contributed by atoms with Gasteiger partial charge in [-0.05, 0) is 12.5 Å². The number of hydrogen-bond acceptors (Lipinski definition) is 11. The van der Waals surface area contributed by atoms with Gasteiger partial charge in [-0.2, -0.15) is 9.29 Å². The van der Waals surface area contributed by atoms with Crippen LogP contribution in [0.15, 0.2) is 17.1 Å². The summed E-state index contributed by atoms with van der Waals surface area (Å²) in [5, 5.41) is 20.4. The van der Waals surface area contributed by atoms with E-state index >= 15 is 0 Å². The summed E-state index contributed by atoms with van der Waals surface area (Å²) in [6.45, 7) is 1.27. The molecule has 1 fully saturated rings. The highest BCUT2D eigenvalue weighted by atomic mass is 31.3. The summed E-state index contributed by atoms with van der Waals surface area (Å²) in [6.07, 6.45) is 11.3. The largest absolute Gasteiger partial charge is 0.481 e. The summed E-state index contributed by atoms with van der Waals surface area (Å²) >= 11 is 0. The number of phosphoric acid groups is 2. The third-order valence-corrected chi connectivity index (χ3v) is 9.46. The van der Waals surface area contributed by atoms with Crippen molar-refractivity contribution in [2.45, 2.75) is 121 Å². The predicted molar refractivity (Wildman–Crippen MR) is 152 cm³/mol. The molecule has 1 saturated heterocycles. The van der Waals surface area contributed by atoms with E-state index in [1.165, 1.54) is 70.1 Å². The van der Waals surface area contributed by atoms with Gasteiger partial charge >= 0.3 is 21.3 Å². The molecule has 0 aromatic carbocycles. The van der Waals surface area contributed by atoms with E-state index in [-0.39, 0.29) is 12.4 Å². The molecule has 1 aromatic heterocycles. The number of hydrogen-bond donors (Lipinski definition) is 5. The number of ether oxygens (including phenoxy) is 1. The highest BCUT2D eigenvalue weighted by Crippen LogP contribution is 2.60. The summed E-state index contributed by atoms with van der Waals surface area (Å²) in [5.74, 6) is -0.0578. The first-order valence-electron chi connectivity index (χ1n) is 14.5. The maximum Gasteiger partial charge on any atom is 0.481 e. The maximum atomic E-state index is 12.2. The number of phosphoric ester groups is 2. The van der Waals surface area contributed by atoms with Crippen molar-refractivity contribution in [1.82, 2.24) is 9.55 Å². The zero-order chi connectivity index (χ0) is 30.3. The van der Waals surface area contributed by atoms with Crippen molar-refractivity contribution in [2.75, 3.05) is 18.9 Å². The Morgan fingerprint density at radius 2 is 1.39 bits per heavy atom. The van der Waals surface area contributed by atoms with E-state index in [4.69, 9.17) is 15.0 Å². The van der Waals surface area contributed by atoms with Crippen LogP contribution in [0.25, 0.3) is 0 Å². The van der Waals surface area contributed by atoms with Gasteiger partial charge in [0, 0.05) is 6.20 Å². The van der Waals surface area contributed by atoms with E-state index in [0.29, 0.717) is 6.42 Å². The lowest BCUT2D eigenvalue weighted by atomic mass is 10.0. The Morgan fingerprint density at radius 1 is 0.878 bits per heavy atom. The van der Waals surface area contributed by atoms with Crippen LogP contribution in [0, 0.1) is 0 Å². The van der Waals surface area contributed by atoms with Crippen molar-refractivity contribution >= 4 is 21.5 Å². The molecule has 2 rings (SSSR count). The van der Waals surface area contributed by atoms with Crippen molar-refractivity contribution in [1.29, 1.82) is 0 Å². The summed E-state index contributed by atoms with van der Waals surface area (Å²) in [5.41, 5.74) is 4.58. The third-order valence-electron chi connectivity index (χ3n) is 6.82. The van der Waals surface area contributed by atoms with Gasteiger partial charge < -0.3 is 30.5 Å². The minimum absolute atomic E-state index is 0.0578. The fourth-order valence-electron chi connectivity index (χ4n) is 4.54. The molecule has 2 unspecified atom stereocenters. The predicted octanol–water partition coefficient (Wildman–Crippen LogP) is 4.18. The summed E-state index contributed by atoms with van der Waals surface area (Å²) in [7, 11) is -10.0. The number of anilines is 1. The van der Waals surface area contributed by atoms with Gasteiger partial charge in [0.15, 0.2) is 6.23 Å². The molecule has 0 spiro atoms. The first-order chi connectivity index (χ1) is 19.5. The Kier molecular flexibility index (Phi) is 16.2. The minimum Gasteiger partial charge on any atom is -0.387 e. The quantitative estimate of drug-likeness (QED) is 0.0903. The van der Waals surface area contributed by atoms with E-state index in [1.807, 2.05) is 0 Å². The first-order valence-corrected chi connectivity index (χ1v) is 17.5. The van der Waals surface area contributed by atoms with Crippen LogP contribution in [0.2, 0.25) is 0 Å². The average Bonchev–Trinajstić information content (AvgIpc) is 3.17. The fraction of sp³-hybridized carbons (Fsp3) is 0.840. The number of nitrogens with zero attached hydrogens (tertiary/aromatic N) is 2. The molecule has 0 saturated carbocycles. The molecule has 1 aliphatic heterocycles. The first kappa shape index (κ1) is 36.0. The van der Waals surface area contributed by atoms with Crippen LogP contribution in [0.3, 0.4) is 0 Å². The van der Waals surface area contributed by atoms with Gasteiger partial charge in [-0.3, -0.25) is 13.6 Å². The molecule has 0 amide bonds. The van der Waals surface area contributed by atoms with E-state index in [2.05, 4.69) is 20.7 Å². The van der Waals surface area contributed by atoms with Crippen LogP contribution in [-0.4, -0.2) is 61.1 Å². The molecule has 0 aliphatic carbocycles. The minimum atomic E-state index is -5.12. The monoisotopic (exact) mass is 627 g/mol. The SMILES string of the molecule is CCCCCCCCCCCCCCCCOP(=O)(O)OP(=O)(O)OC[C@H]1O[C@@H](n2ccc(N)nc2=O)[C@@H](O)[C@@H]1O. The Balaban J connectivity index is 1.59. The molecule has 1 aliphatic rings. The fourth-order valence-corrected chi connectivity index (χ4v) is 6.65. The molecule has 14 nitrogen and oxygen atoms in total. The van der Waals surface area contributed by atoms with Crippen LogP contribution in [-0.2, 0) is 27.2 Å².